The summed E-state index contributed by atoms with van der Waals surface area (Å²) in [4.78, 5) is 13.6. The van der Waals surface area contributed by atoms with E-state index in [1.807, 2.05) is 6.92 Å². The zero-order chi connectivity index (χ0) is 13.9. The van der Waals surface area contributed by atoms with E-state index in [1.165, 1.54) is 25.8 Å². The molecule has 0 bridgehead atoms. The number of esters is 1. The second kappa shape index (κ2) is 10.2. The van der Waals surface area contributed by atoms with Crippen molar-refractivity contribution in [2.24, 2.45) is 0 Å². The Labute approximate surface area is 117 Å². The zero-order valence-electron chi connectivity index (χ0n) is 12.6. The molecule has 0 saturated carbocycles. The van der Waals surface area contributed by atoms with Gasteiger partial charge >= 0.3 is 5.97 Å². The van der Waals surface area contributed by atoms with E-state index in [-0.39, 0.29) is 5.97 Å². The number of likely N-dealkylation sites (tertiary alicyclic amines) is 1. The zero-order valence-corrected chi connectivity index (χ0v) is 12.6. The molecule has 0 aromatic heterocycles. The van der Waals surface area contributed by atoms with Gasteiger partial charge in [0.25, 0.3) is 0 Å². The van der Waals surface area contributed by atoms with Crippen LogP contribution in [0.2, 0.25) is 0 Å². The maximum atomic E-state index is 11.1. The highest BCUT2D eigenvalue weighted by atomic mass is 16.5. The van der Waals surface area contributed by atoms with Crippen molar-refractivity contribution in [2.75, 3.05) is 33.3 Å². The lowest BCUT2D eigenvalue weighted by molar-refractivity contribution is -0.143. The van der Waals surface area contributed by atoms with Gasteiger partial charge in [-0.2, -0.15) is 0 Å². The van der Waals surface area contributed by atoms with Crippen molar-refractivity contribution in [1.29, 1.82) is 0 Å². The third kappa shape index (κ3) is 7.53. The molecular formula is C15H30N2O2. The highest BCUT2D eigenvalue weighted by Crippen LogP contribution is 2.13. The second-order valence-corrected chi connectivity index (χ2v) is 5.45. The first-order valence-electron chi connectivity index (χ1n) is 7.80. The molecule has 0 aliphatic carbocycles. The minimum absolute atomic E-state index is 0.0562. The monoisotopic (exact) mass is 270 g/mol. The lowest BCUT2D eigenvalue weighted by Crippen LogP contribution is -2.43. The van der Waals surface area contributed by atoms with Crippen molar-refractivity contribution in [2.45, 2.75) is 57.9 Å². The molecule has 0 amide bonds. The van der Waals surface area contributed by atoms with Crippen molar-refractivity contribution in [3.63, 3.8) is 0 Å². The molecule has 19 heavy (non-hydrogen) atoms. The first kappa shape index (κ1) is 16.4. The number of ether oxygens (including phenoxy) is 1. The number of carbonyl (C=O) groups is 1. The second-order valence-electron chi connectivity index (χ2n) is 5.45. The Balaban J connectivity index is 1.89. The van der Waals surface area contributed by atoms with E-state index in [2.05, 4.69) is 17.3 Å². The molecule has 0 spiro atoms. The Morgan fingerprint density at radius 3 is 2.89 bits per heavy atom. The van der Waals surface area contributed by atoms with Gasteiger partial charge in [0, 0.05) is 19.0 Å². The van der Waals surface area contributed by atoms with Crippen LogP contribution in [0.15, 0.2) is 0 Å². The van der Waals surface area contributed by atoms with E-state index < -0.39 is 0 Å². The fraction of sp³-hybridized carbons (Fsp3) is 0.933. The Bertz CT molecular complexity index is 246. The van der Waals surface area contributed by atoms with Gasteiger partial charge in [0.15, 0.2) is 0 Å². The number of hydrogen-bond acceptors (Lipinski definition) is 4. The van der Waals surface area contributed by atoms with Crippen LogP contribution in [-0.4, -0.2) is 50.2 Å². The molecule has 1 rings (SSSR count). The van der Waals surface area contributed by atoms with Crippen LogP contribution >= 0.6 is 0 Å². The molecule has 1 N–H and O–H groups in total. The largest absolute Gasteiger partial charge is 0.466 e. The van der Waals surface area contributed by atoms with E-state index in [0.717, 1.165) is 32.4 Å². The first-order chi connectivity index (χ1) is 9.24. The number of unbranched alkanes of at least 4 members (excludes halogenated alkanes) is 2. The maximum Gasteiger partial charge on any atom is 0.305 e. The SMILES string of the molecule is CCOC(=O)CCCCCNCC1CCCCN1C. The number of nitrogens with one attached hydrogen (secondary N) is 1. The summed E-state index contributed by atoms with van der Waals surface area (Å²) in [5.74, 6) is -0.0562. The molecule has 1 heterocycles. The Morgan fingerprint density at radius 2 is 2.16 bits per heavy atom. The van der Waals surface area contributed by atoms with Gasteiger partial charge in [0.05, 0.1) is 6.61 Å². The van der Waals surface area contributed by atoms with E-state index >= 15 is 0 Å². The number of hydrogen-bond donors (Lipinski definition) is 1. The van der Waals surface area contributed by atoms with E-state index in [1.54, 1.807) is 0 Å². The van der Waals surface area contributed by atoms with E-state index in [9.17, 15) is 4.79 Å². The lowest BCUT2D eigenvalue weighted by Gasteiger charge is -2.32. The number of carbonyl (C=O) groups excluding carboxylic acids is 1. The minimum atomic E-state index is -0.0562. The highest BCUT2D eigenvalue weighted by molar-refractivity contribution is 5.69. The van der Waals surface area contributed by atoms with Crippen molar-refractivity contribution in [3.05, 3.63) is 0 Å². The Hall–Kier alpha value is -0.610. The summed E-state index contributed by atoms with van der Waals surface area (Å²) < 4.78 is 4.90. The van der Waals surface area contributed by atoms with Crippen LogP contribution in [0.3, 0.4) is 0 Å². The van der Waals surface area contributed by atoms with Crippen LogP contribution in [-0.2, 0) is 9.53 Å². The van der Waals surface area contributed by atoms with Crippen LogP contribution in [0, 0.1) is 0 Å². The lowest BCUT2D eigenvalue weighted by atomic mass is 10.0. The van der Waals surface area contributed by atoms with Crippen LogP contribution in [0.5, 0.6) is 0 Å². The molecule has 0 radical (unpaired) electrons. The topological polar surface area (TPSA) is 41.6 Å². The molecular weight excluding hydrogens is 240 g/mol. The third-order valence-electron chi connectivity index (χ3n) is 3.84. The van der Waals surface area contributed by atoms with Gasteiger partial charge in [-0.05, 0) is 52.7 Å². The number of nitrogens with zero attached hydrogens (tertiary/aromatic N) is 1. The van der Waals surface area contributed by atoms with Crippen molar-refractivity contribution < 1.29 is 9.53 Å². The highest BCUT2D eigenvalue weighted by Gasteiger charge is 2.17. The van der Waals surface area contributed by atoms with Gasteiger partial charge in [-0.25, -0.2) is 0 Å². The Kier molecular flexibility index (Phi) is 8.84. The van der Waals surface area contributed by atoms with Crippen LogP contribution < -0.4 is 5.32 Å². The predicted molar refractivity (Wildman–Crippen MR) is 78.2 cm³/mol. The molecule has 1 aliphatic rings. The van der Waals surface area contributed by atoms with Crippen LogP contribution in [0.25, 0.3) is 0 Å². The molecule has 1 fully saturated rings. The van der Waals surface area contributed by atoms with Crippen molar-refractivity contribution >= 4 is 5.97 Å². The summed E-state index contributed by atoms with van der Waals surface area (Å²) in [6.45, 7) is 5.76. The van der Waals surface area contributed by atoms with E-state index in [0.29, 0.717) is 19.1 Å². The summed E-state index contributed by atoms with van der Waals surface area (Å²) >= 11 is 0. The molecule has 4 nitrogen and oxygen atoms in total. The van der Waals surface area contributed by atoms with Gasteiger partial charge in [-0.3, -0.25) is 4.79 Å². The smallest absolute Gasteiger partial charge is 0.305 e. The van der Waals surface area contributed by atoms with Crippen molar-refractivity contribution in [1.82, 2.24) is 10.2 Å². The quantitative estimate of drug-likeness (QED) is 0.515. The fourth-order valence-electron chi connectivity index (χ4n) is 2.60. The summed E-state index contributed by atoms with van der Waals surface area (Å²) in [7, 11) is 2.23. The summed E-state index contributed by atoms with van der Waals surface area (Å²) in [6.07, 6.45) is 7.81. The predicted octanol–water partition coefficient (Wildman–Crippen LogP) is 2.18. The number of piperidine rings is 1. The summed E-state index contributed by atoms with van der Waals surface area (Å²) in [5, 5.41) is 3.54. The number of likely N-dealkylation sites (N-methyl/N-ethyl adjacent to an activating group) is 1. The molecule has 112 valence electrons. The first-order valence-corrected chi connectivity index (χ1v) is 7.80. The Morgan fingerprint density at radius 1 is 1.32 bits per heavy atom. The standard InChI is InChI=1S/C15H30N2O2/c1-3-19-15(18)10-5-4-7-11-16-13-14-9-6-8-12-17(14)2/h14,16H,3-13H2,1-2H3. The third-order valence-corrected chi connectivity index (χ3v) is 3.84. The maximum absolute atomic E-state index is 11.1. The molecule has 0 aromatic rings. The molecule has 1 aliphatic heterocycles. The van der Waals surface area contributed by atoms with Gasteiger partial charge < -0.3 is 15.0 Å². The van der Waals surface area contributed by atoms with Crippen LogP contribution in [0.1, 0.15) is 51.9 Å². The normalized spacial score (nSPS) is 20.4. The van der Waals surface area contributed by atoms with Gasteiger partial charge in [-0.1, -0.05) is 12.8 Å². The molecule has 0 aromatic carbocycles. The molecule has 4 heteroatoms. The summed E-state index contributed by atoms with van der Waals surface area (Å²) in [5.41, 5.74) is 0. The van der Waals surface area contributed by atoms with E-state index in [4.69, 9.17) is 4.74 Å². The average molecular weight is 270 g/mol. The van der Waals surface area contributed by atoms with Gasteiger partial charge in [0.2, 0.25) is 0 Å². The minimum Gasteiger partial charge on any atom is -0.466 e. The van der Waals surface area contributed by atoms with Gasteiger partial charge in [-0.15, -0.1) is 0 Å². The molecule has 1 atom stereocenters. The fourth-order valence-corrected chi connectivity index (χ4v) is 2.60. The van der Waals surface area contributed by atoms with Gasteiger partial charge in [0.1, 0.15) is 0 Å². The number of rotatable bonds is 9. The molecule has 1 saturated heterocycles. The van der Waals surface area contributed by atoms with Crippen molar-refractivity contribution in [3.8, 4) is 0 Å². The van der Waals surface area contributed by atoms with Crippen LogP contribution in [0.4, 0.5) is 0 Å². The molecule has 1 unspecified atom stereocenters. The average Bonchev–Trinajstić information content (AvgIpc) is 2.40. The summed E-state index contributed by atoms with van der Waals surface area (Å²) in [6, 6.07) is 0.716.